The molecule has 0 saturated carbocycles. The summed E-state index contributed by atoms with van der Waals surface area (Å²) in [5.41, 5.74) is -3.88. The molecule has 2 atom stereocenters. The number of nitrogens with zero attached hydrogens (tertiary/aromatic N) is 2. The van der Waals surface area contributed by atoms with Crippen molar-refractivity contribution in [2.24, 2.45) is 0 Å². The van der Waals surface area contributed by atoms with Crippen molar-refractivity contribution in [3.63, 3.8) is 0 Å². The summed E-state index contributed by atoms with van der Waals surface area (Å²) >= 11 is 0. The van der Waals surface area contributed by atoms with Gasteiger partial charge >= 0.3 is 220 Å². The van der Waals surface area contributed by atoms with E-state index < -0.39 is 42.6 Å². The third-order valence-electron chi connectivity index (χ3n) is 6.77. The van der Waals surface area contributed by atoms with Gasteiger partial charge in [0.25, 0.3) is 0 Å². The molecule has 3 heterocycles. The van der Waals surface area contributed by atoms with Crippen LogP contribution < -0.4 is 9.80 Å². The van der Waals surface area contributed by atoms with E-state index in [1.807, 2.05) is 0 Å². The van der Waals surface area contributed by atoms with Gasteiger partial charge in [0.1, 0.15) is 0 Å². The molecule has 4 amide bonds. The zero-order valence-electron chi connectivity index (χ0n) is 21.8. The Morgan fingerprint density at radius 1 is 0.711 bits per heavy atom. The summed E-state index contributed by atoms with van der Waals surface area (Å²) in [5, 5.41) is 0. The molecule has 2 unspecified atom stereocenters. The number of hydrogen-bond donors (Lipinski definition) is 0. The zero-order valence-corrected chi connectivity index (χ0v) is 22.7. The second-order valence-corrected chi connectivity index (χ2v) is 11.5. The molecule has 3 aliphatic heterocycles. The van der Waals surface area contributed by atoms with Crippen molar-refractivity contribution in [1.29, 1.82) is 0 Å². The Hall–Kier alpha value is -3.05. The molecule has 38 heavy (non-hydrogen) atoms. The van der Waals surface area contributed by atoms with Crippen molar-refractivity contribution < 1.29 is 41.8 Å². The Morgan fingerprint density at radius 3 is 1.37 bits per heavy atom. The SMILES string of the molecule is CCOP1(OCC)(OCC)OC2(C(=O)N(C(C)=O)c3ccccc32)C2(O1)C(=O)N(C(C)=O)c1ccccc12. The van der Waals surface area contributed by atoms with E-state index in [2.05, 4.69) is 0 Å². The number of imide groups is 2. The third kappa shape index (κ3) is 3.05. The number of anilines is 2. The van der Waals surface area contributed by atoms with E-state index in [1.54, 1.807) is 69.3 Å². The average Bonchev–Trinajstić information content (AvgIpc) is 3.38. The average molecular weight is 544 g/mol. The van der Waals surface area contributed by atoms with Crippen molar-refractivity contribution >= 4 is 42.7 Å². The topological polar surface area (TPSA) is 121 Å². The number of rotatable bonds is 6. The summed E-state index contributed by atoms with van der Waals surface area (Å²) < 4.78 is 31.6. The normalized spacial score (nSPS) is 27.4. The van der Waals surface area contributed by atoms with Crippen LogP contribution in [0, 0.1) is 0 Å². The van der Waals surface area contributed by atoms with Crippen molar-refractivity contribution in [2.75, 3.05) is 29.6 Å². The quantitative estimate of drug-likeness (QED) is 0.499. The summed E-state index contributed by atoms with van der Waals surface area (Å²) in [6.45, 7) is 7.37. The van der Waals surface area contributed by atoms with Gasteiger partial charge in [-0.1, -0.05) is 0 Å². The van der Waals surface area contributed by atoms with E-state index in [0.717, 1.165) is 9.80 Å². The summed E-state index contributed by atoms with van der Waals surface area (Å²) in [6.07, 6.45) is 0. The molecule has 2 aromatic carbocycles. The molecule has 0 bridgehead atoms. The fraction of sp³-hybridized carbons (Fsp3) is 0.385. The Bertz CT molecular complexity index is 1270. The van der Waals surface area contributed by atoms with Crippen LogP contribution in [0.4, 0.5) is 11.4 Å². The second-order valence-electron chi connectivity index (χ2n) is 8.90. The molecule has 0 aliphatic carbocycles. The fourth-order valence-corrected chi connectivity index (χ4v) is 9.02. The summed E-state index contributed by atoms with van der Waals surface area (Å²) in [6, 6.07) is 12.9. The number of benzene rings is 2. The van der Waals surface area contributed by atoms with Crippen LogP contribution in [-0.4, -0.2) is 43.4 Å². The van der Waals surface area contributed by atoms with E-state index in [9.17, 15) is 19.2 Å². The van der Waals surface area contributed by atoms with E-state index >= 15 is 0 Å². The van der Waals surface area contributed by atoms with Gasteiger partial charge in [-0.05, 0) is 0 Å². The van der Waals surface area contributed by atoms with E-state index in [-0.39, 0.29) is 42.3 Å². The predicted octanol–water partition coefficient (Wildman–Crippen LogP) is 3.85. The van der Waals surface area contributed by atoms with Gasteiger partial charge in [-0.2, -0.15) is 0 Å². The molecule has 0 aromatic heterocycles. The maximum absolute atomic E-state index is 14.6. The molecule has 1 saturated heterocycles. The van der Waals surface area contributed by atoms with Gasteiger partial charge in [0.05, 0.1) is 0 Å². The number of para-hydroxylation sites is 2. The van der Waals surface area contributed by atoms with Crippen LogP contribution in [0.15, 0.2) is 48.5 Å². The molecule has 1 fully saturated rings. The molecule has 2 aromatic rings. The van der Waals surface area contributed by atoms with Gasteiger partial charge in [0, 0.05) is 0 Å². The molecule has 202 valence electrons. The third-order valence-corrected chi connectivity index (χ3v) is 9.96. The first-order valence-electron chi connectivity index (χ1n) is 12.4. The number of hydrogen-bond acceptors (Lipinski definition) is 9. The molecule has 0 radical (unpaired) electrons. The molecule has 12 heteroatoms. The van der Waals surface area contributed by atoms with Gasteiger partial charge in [0.15, 0.2) is 0 Å². The number of amides is 4. The van der Waals surface area contributed by atoms with E-state index in [0.29, 0.717) is 0 Å². The minimum atomic E-state index is -5.24. The van der Waals surface area contributed by atoms with Crippen LogP contribution in [0.3, 0.4) is 0 Å². The Morgan fingerprint density at radius 2 is 1.05 bits per heavy atom. The zero-order chi connectivity index (χ0) is 27.5. The summed E-state index contributed by atoms with van der Waals surface area (Å²) in [4.78, 5) is 56.7. The van der Waals surface area contributed by atoms with Gasteiger partial charge in [-0.15, -0.1) is 0 Å². The molecule has 5 rings (SSSR count). The van der Waals surface area contributed by atoms with Crippen molar-refractivity contribution in [2.45, 2.75) is 45.8 Å². The first kappa shape index (κ1) is 26.6. The van der Waals surface area contributed by atoms with Crippen molar-refractivity contribution in [1.82, 2.24) is 0 Å². The van der Waals surface area contributed by atoms with Crippen LogP contribution >= 0.6 is 7.74 Å². The monoisotopic (exact) mass is 544 g/mol. The van der Waals surface area contributed by atoms with Gasteiger partial charge < -0.3 is 0 Å². The molecule has 3 aliphatic rings. The fourth-order valence-electron chi connectivity index (χ4n) is 5.68. The van der Waals surface area contributed by atoms with E-state index in [1.165, 1.54) is 13.8 Å². The number of carbonyl (C=O) groups excluding carboxylic acids is 4. The first-order valence-corrected chi connectivity index (χ1v) is 14.2. The Labute approximate surface area is 219 Å². The predicted molar refractivity (Wildman–Crippen MR) is 137 cm³/mol. The summed E-state index contributed by atoms with van der Waals surface area (Å²) in [7, 11) is -5.24. The molecule has 11 nitrogen and oxygen atoms in total. The molecule has 2 spiro atoms. The molecular formula is C26H29N2O9P. The second kappa shape index (κ2) is 8.74. The van der Waals surface area contributed by atoms with Crippen LogP contribution in [0.1, 0.15) is 45.7 Å². The van der Waals surface area contributed by atoms with Crippen molar-refractivity contribution in [3.8, 4) is 0 Å². The number of carbonyl (C=O) groups is 4. The van der Waals surface area contributed by atoms with Gasteiger partial charge in [-0.3, -0.25) is 0 Å². The number of fused-ring (bicyclic) bond motifs is 5. The van der Waals surface area contributed by atoms with Crippen LogP contribution in [-0.2, 0) is 53.0 Å². The maximum atomic E-state index is 14.6. The standard InChI is InChI=1S/C26H29N2O9P/c1-6-33-38(34-7-2,35-8-3)36-25(19-13-9-11-15-21(19)27(17(4)29)23(25)31)26(37-38)20-14-10-12-16-22(20)28(18(5)30)24(26)32/h9-16H,6-8H2,1-5H3. The molecular weight excluding hydrogens is 515 g/mol. The van der Waals surface area contributed by atoms with Crippen LogP contribution in [0.25, 0.3) is 0 Å². The summed E-state index contributed by atoms with van der Waals surface area (Å²) in [5.74, 6) is -2.97. The molecule has 0 N–H and O–H groups in total. The van der Waals surface area contributed by atoms with Crippen molar-refractivity contribution in [3.05, 3.63) is 59.7 Å². The van der Waals surface area contributed by atoms with Gasteiger partial charge in [-0.25, -0.2) is 0 Å². The minimum absolute atomic E-state index is 0.0253. The van der Waals surface area contributed by atoms with Gasteiger partial charge in [0.2, 0.25) is 0 Å². The first-order chi connectivity index (χ1) is 18.1. The van der Waals surface area contributed by atoms with Crippen LogP contribution in [0.2, 0.25) is 0 Å². The van der Waals surface area contributed by atoms with E-state index in [4.69, 9.17) is 22.6 Å². The Kier molecular flexibility index (Phi) is 6.11. The Balaban J connectivity index is 1.96. The van der Waals surface area contributed by atoms with Crippen LogP contribution in [0.5, 0.6) is 0 Å².